The normalized spacial score (nSPS) is 14.1. The number of hydrogen-bond donors (Lipinski definition) is 2. The lowest BCUT2D eigenvalue weighted by molar-refractivity contribution is -0.132. The fourth-order valence-electron chi connectivity index (χ4n) is 3.42. The molecule has 0 aliphatic carbocycles. The average molecular weight is 401 g/mol. The van der Waals surface area contributed by atoms with Gasteiger partial charge in [0.1, 0.15) is 0 Å². The summed E-state index contributed by atoms with van der Waals surface area (Å²) in [6.45, 7) is 3.39. The predicted octanol–water partition coefficient (Wildman–Crippen LogP) is 3.69. The lowest BCUT2D eigenvalue weighted by Crippen LogP contribution is -2.38. The molecule has 1 aliphatic rings. The molecule has 0 radical (unpaired) electrons. The molecule has 0 saturated carbocycles. The summed E-state index contributed by atoms with van der Waals surface area (Å²) in [5.41, 5.74) is 2.96. The second kappa shape index (κ2) is 9.49. The fourth-order valence-corrected chi connectivity index (χ4v) is 3.42. The molecule has 2 aromatic carbocycles. The minimum Gasteiger partial charge on any atom is -0.338 e. The highest BCUT2D eigenvalue weighted by atomic mass is 19.2. The molecular weight excluding hydrogens is 376 g/mol. The van der Waals surface area contributed by atoms with E-state index < -0.39 is 23.7 Å². The van der Waals surface area contributed by atoms with Gasteiger partial charge in [-0.3, -0.25) is 4.79 Å². The van der Waals surface area contributed by atoms with Crippen LogP contribution in [0.2, 0.25) is 0 Å². The molecule has 2 aromatic rings. The van der Waals surface area contributed by atoms with Crippen LogP contribution in [0.4, 0.5) is 13.6 Å². The Labute approximate surface area is 169 Å². The number of urea groups is 1. The summed E-state index contributed by atoms with van der Waals surface area (Å²) in [4.78, 5) is 26.2. The molecule has 154 valence electrons. The van der Waals surface area contributed by atoms with Crippen molar-refractivity contribution in [3.63, 3.8) is 0 Å². The summed E-state index contributed by atoms with van der Waals surface area (Å²) < 4.78 is 26.3. The topological polar surface area (TPSA) is 61.4 Å². The van der Waals surface area contributed by atoms with Crippen LogP contribution in [-0.2, 0) is 17.8 Å². The number of amides is 3. The van der Waals surface area contributed by atoms with E-state index in [1.165, 1.54) is 17.2 Å². The number of fused-ring (bicyclic) bond motifs is 1. The molecule has 7 heteroatoms. The van der Waals surface area contributed by atoms with Gasteiger partial charge in [0.15, 0.2) is 11.6 Å². The van der Waals surface area contributed by atoms with E-state index in [1.807, 2.05) is 17.0 Å². The second-order valence-electron chi connectivity index (χ2n) is 7.23. The molecule has 1 aliphatic heterocycles. The molecular formula is C22H25F2N3O2. The summed E-state index contributed by atoms with van der Waals surface area (Å²) >= 11 is 0. The Morgan fingerprint density at radius 3 is 2.62 bits per heavy atom. The third kappa shape index (κ3) is 5.53. The number of hydrogen-bond acceptors (Lipinski definition) is 2. The molecule has 0 bridgehead atoms. The summed E-state index contributed by atoms with van der Waals surface area (Å²) in [7, 11) is 0. The first-order chi connectivity index (χ1) is 13.9. The highest BCUT2D eigenvalue weighted by Crippen LogP contribution is 2.19. The monoisotopic (exact) mass is 401 g/mol. The molecule has 0 spiro atoms. The Balaban J connectivity index is 1.37. The molecule has 1 atom stereocenters. The first-order valence-electron chi connectivity index (χ1n) is 9.78. The largest absolute Gasteiger partial charge is 0.338 e. The zero-order chi connectivity index (χ0) is 20.8. The molecule has 1 heterocycles. The molecule has 0 saturated heterocycles. The van der Waals surface area contributed by atoms with Gasteiger partial charge in [0.2, 0.25) is 5.91 Å². The predicted molar refractivity (Wildman–Crippen MR) is 106 cm³/mol. The first-order valence-corrected chi connectivity index (χ1v) is 9.78. The van der Waals surface area contributed by atoms with Gasteiger partial charge in [-0.05, 0) is 48.6 Å². The number of nitrogens with zero attached hydrogens (tertiary/aromatic N) is 1. The number of halogens is 2. The maximum absolute atomic E-state index is 13.3. The van der Waals surface area contributed by atoms with Gasteiger partial charge in [0.05, 0.1) is 6.04 Å². The number of carbonyl (C=O) groups is 2. The molecule has 29 heavy (non-hydrogen) atoms. The number of benzene rings is 2. The summed E-state index contributed by atoms with van der Waals surface area (Å²) in [6.07, 6.45) is 1.76. The van der Waals surface area contributed by atoms with Gasteiger partial charge in [-0.1, -0.05) is 30.3 Å². The van der Waals surface area contributed by atoms with Crippen LogP contribution < -0.4 is 10.6 Å². The van der Waals surface area contributed by atoms with Crippen LogP contribution in [-0.4, -0.2) is 29.9 Å². The van der Waals surface area contributed by atoms with Gasteiger partial charge < -0.3 is 15.5 Å². The molecule has 2 N–H and O–H groups in total. The number of carbonyl (C=O) groups excluding carboxylic acids is 2. The van der Waals surface area contributed by atoms with Crippen molar-refractivity contribution in [2.75, 3.05) is 13.1 Å². The quantitative estimate of drug-likeness (QED) is 0.726. The summed E-state index contributed by atoms with van der Waals surface area (Å²) in [5, 5.41) is 5.37. The van der Waals surface area contributed by atoms with Crippen molar-refractivity contribution in [1.29, 1.82) is 0 Å². The van der Waals surface area contributed by atoms with Crippen LogP contribution in [0.3, 0.4) is 0 Å². The van der Waals surface area contributed by atoms with Gasteiger partial charge in [0.25, 0.3) is 0 Å². The lowest BCUT2D eigenvalue weighted by atomic mass is 9.99. The van der Waals surface area contributed by atoms with Crippen molar-refractivity contribution in [2.45, 2.75) is 38.8 Å². The summed E-state index contributed by atoms with van der Waals surface area (Å²) in [6, 6.07) is 10.8. The average Bonchev–Trinajstić information content (AvgIpc) is 2.72. The molecule has 3 rings (SSSR count). The van der Waals surface area contributed by atoms with Crippen molar-refractivity contribution in [1.82, 2.24) is 15.5 Å². The third-order valence-electron chi connectivity index (χ3n) is 5.13. The molecule has 3 amide bonds. The van der Waals surface area contributed by atoms with E-state index in [9.17, 15) is 18.4 Å². The van der Waals surface area contributed by atoms with Gasteiger partial charge in [-0.15, -0.1) is 0 Å². The third-order valence-corrected chi connectivity index (χ3v) is 5.13. The number of rotatable bonds is 6. The van der Waals surface area contributed by atoms with Crippen molar-refractivity contribution in [3.8, 4) is 0 Å². The van der Waals surface area contributed by atoms with Gasteiger partial charge >= 0.3 is 6.03 Å². The highest BCUT2D eigenvalue weighted by molar-refractivity contribution is 5.77. The van der Waals surface area contributed by atoms with E-state index in [-0.39, 0.29) is 5.91 Å². The van der Waals surface area contributed by atoms with E-state index in [2.05, 4.69) is 22.8 Å². The van der Waals surface area contributed by atoms with Gasteiger partial charge in [-0.2, -0.15) is 0 Å². The van der Waals surface area contributed by atoms with E-state index >= 15 is 0 Å². The van der Waals surface area contributed by atoms with E-state index in [0.29, 0.717) is 31.5 Å². The standard InChI is InChI=1S/C22H25F2N3O2/c1-15(17-8-9-19(23)20(24)13-17)26-22(29)25-11-4-7-21(28)27-12-10-16-5-2-3-6-18(16)14-27/h2-3,5-6,8-9,13,15H,4,7,10-12,14H2,1H3,(H2,25,26,29). The van der Waals surface area contributed by atoms with Crippen molar-refractivity contribution in [2.24, 2.45) is 0 Å². The Morgan fingerprint density at radius 1 is 1.10 bits per heavy atom. The number of nitrogens with one attached hydrogen (secondary N) is 2. The van der Waals surface area contributed by atoms with E-state index in [4.69, 9.17) is 0 Å². The van der Waals surface area contributed by atoms with Crippen molar-refractivity contribution >= 4 is 11.9 Å². The Bertz CT molecular complexity index is 888. The Morgan fingerprint density at radius 2 is 1.86 bits per heavy atom. The van der Waals surface area contributed by atoms with Crippen molar-refractivity contribution in [3.05, 3.63) is 70.8 Å². The fraction of sp³-hybridized carbons (Fsp3) is 0.364. The van der Waals surface area contributed by atoms with E-state index in [0.717, 1.165) is 25.1 Å². The van der Waals surface area contributed by atoms with Gasteiger partial charge in [0, 0.05) is 26.1 Å². The molecule has 0 aromatic heterocycles. The van der Waals surface area contributed by atoms with Crippen LogP contribution in [0.1, 0.15) is 42.5 Å². The smallest absolute Gasteiger partial charge is 0.315 e. The first kappa shape index (κ1) is 20.8. The summed E-state index contributed by atoms with van der Waals surface area (Å²) in [5.74, 6) is -1.79. The maximum Gasteiger partial charge on any atom is 0.315 e. The molecule has 5 nitrogen and oxygen atoms in total. The SMILES string of the molecule is CC(NC(=O)NCCCC(=O)N1CCc2ccccc2C1)c1ccc(F)c(F)c1. The van der Waals surface area contributed by atoms with E-state index in [1.54, 1.807) is 6.92 Å². The maximum atomic E-state index is 13.3. The van der Waals surface area contributed by atoms with Crippen LogP contribution in [0.25, 0.3) is 0 Å². The van der Waals surface area contributed by atoms with Gasteiger partial charge in [-0.25, -0.2) is 13.6 Å². The zero-order valence-electron chi connectivity index (χ0n) is 16.4. The second-order valence-corrected chi connectivity index (χ2v) is 7.23. The minimum atomic E-state index is -0.949. The highest BCUT2D eigenvalue weighted by Gasteiger charge is 2.20. The Kier molecular flexibility index (Phi) is 6.80. The van der Waals surface area contributed by atoms with Crippen LogP contribution >= 0.6 is 0 Å². The van der Waals surface area contributed by atoms with Crippen LogP contribution in [0.15, 0.2) is 42.5 Å². The zero-order valence-corrected chi connectivity index (χ0v) is 16.4. The van der Waals surface area contributed by atoms with Crippen molar-refractivity contribution < 1.29 is 18.4 Å². The molecule has 0 fully saturated rings. The van der Waals surface area contributed by atoms with Crippen LogP contribution in [0, 0.1) is 11.6 Å². The van der Waals surface area contributed by atoms with Crippen LogP contribution in [0.5, 0.6) is 0 Å². The minimum absolute atomic E-state index is 0.0804. The lowest BCUT2D eigenvalue weighted by Gasteiger charge is -2.29. The Hall–Kier alpha value is -2.96. The molecule has 1 unspecified atom stereocenters.